The van der Waals surface area contributed by atoms with E-state index in [4.69, 9.17) is 9.47 Å². The summed E-state index contributed by atoms with van der Waals surface area (Å²) in [5, 5.41) is 23.3. The van der Waals surface area contributed by atoms with Gasteiger partial charge in [0.15, 0.2) is 0 Å². The van der Waals surface area contributed by atoms with Gasteiger partial charge in [0.1, 0.15) is 24.3 Å². The fourth-order valence-electron chi connectivity index (χ4n) is 4.36. The number of benzene rings is 3. The molecule has 3 aromatic carbocycles. The number of amides is 1. The zero-order valence-electron chi connectivity index (χ0n) is 18.9. The highest BCUT2D eigenvalue weighted by atomic mass is 19.1. The van der Waals surface area contributed by atoms with E-state index in [0.717, 1.165) is 28.3 Å². The summed E-state index contributed by atoms with van der Waals surface area (Å²) in [5.41, 5.74) is 4.74. The second-order valence-corrected chi connectivity index (χ2v) is 8.21. The fraction of sp³-hybridized carbons (Fsp3) is 0.296. The van der Waals surface area contributed by atoms with Gasteiger partial charge >= 0.3 is 6.09 Å². The number of ether oxygens (including phenoxy) is 2. The van der Waals surface area contributed by atoms with E-state index < -0.39 is 24.1 Å². The molecule has 7 heteroatoms. The molecule has 4 rings (SSSR count). The number of rotatable bonds is 9. The Labute approximate surface area is 198 Å². The van der Waals surface area contributed by atoms with Crippen LogP contribution < -0.4 is 10.1 Å². The number of nitrogens with one attached hydrogen (secondary N) is 1. The number of carbonyl (C=O) groups excluding carboxylic acids is 1. The van der Waals surface area contributed by atoms with E-state index in [2.05, 4.69) is 17.4 Å². The molecule has 0 spiro atoms. The summed E-state index contributed by atoms with van der Waals surface area (Å²) in [7, 11) is 0. The molecule has 0 saturated heterocycles. The molecule has 3 aromatic rings. The average Bonchev–Trinajstić information content (AvgIpc) is 3.16. The molecular formula is C27H28FNO5. The van der Waals surface area contributed by atoms with Crippen molar-refractivity contribution in [2.45, 2.75) is 31.5 Å². The molecule has 1 aliphatic carbocycles. The van der Waals surface area contributed by atoms with E-state index in [1.165, 1.54) is 12.1 Å². The number of alkyl carbamates (subject to hydrolysis) is 1. The summed E-state index contributed by atoms with van der Waals surface area (Å²) in [6.45, 7) is 2.40. The monoisotopic (exact) mass is 465 g/mol. The van der Waals surface area contributed by atoms with E-state index in [9.17, 15) is 19.4 Å². The maximum Gasteiger partial charge on any atom is 0.407 e. The van der Waals surface area contributed by atoms with Crippen LogP contribution in [0.5, 0.6) is 5.75 Å². The molecule has 0 saturated carbocycles. The van der Waals surface area contributed by atoms with Gasteiger partial charge in [-0.25, -0.2) is 9.18 Å². The Hall–Kier alpha value is -3.42. The summed E-state index contributed by atoms with van der Waals surface area (Å²) in [5.74, 6) is -0.331. The van der Waals surface area contributed by atoms with Gasteiger partial charge < -0.3 is 25.0 Å². The molecule has 2 unspecified atom stereocenters. The van der Waals surface area contributed by atoms with Crippen LogP contribution in [0.2, 0.25) is 0 Å². The fourth-order valence-corrected chi connectivity index (χ4v) is 4.36. The number of fused-ring (bicyclic) bond motifs is 3. The highest BCUT2D eigenvalue weighted by Crippen LogP contribution is 2.44. The third-order valence-corrected chi connectivity index (χ3v) is 5.96. The van der Waals surface area contributed by atoms with Gasteiger partial charge in [0.25, 0.3) is 0 Å². The van der Waals surface area contributed by atoms with Gasteiger partial charge in [-0.1, -0.05) is 48.5 Å². The molecule has 0 aromatic heterocycles. The van der Waals surface area contributed by atoms with Crippen molar-refractivity contribution >= 4 is 6.09 Å². The Morgan fingerprint density at radius 2 is 1.68 bits per heavy atom. The van der Waals surface area contributed by atoms with E-state index in [1.54, 1.807) is 6.92 Å². The molecule has 0 heterocycles. The molecule has 178 valence electrons. The summed E-state index contributed by atoms with van der Waals surface area (Å²) in [6.07, 6.45) is -3.07. The molecular weight excluding hydrogens is 437 g/mol. The van der Waals surface area contributed by atoms with Crippen molar-refractivity contribution in [2.75, 3.05) is 19.8 Å². The minimum Gasteiger partial charge on any atom is -0.494 e. The molecule has 3 N–H and O–H groups in total. The van der Waals surface area contributed by atoms with Gasteiger partial charge in [-0.15, -0.1) is 0 Å². The molecule has 0 fully saturated rings. The van der Waals surface area contributed by atoms with E-state index >= 15 is 0 Å². The Balaban J connectivity index is 1.28. The molecule has 6 nitrogen and oxygen atoms in total. The maximum atomic E-state index is 13.8. The van der Waals surface area contributed by atoms with Gasteiger partial charge in [-0.2, -0.15) is 0 Å². The topological polar surface area (TPSA) is 88.0 Å². The zero-order chi connectivity index (χ0) is 24.1. The number of hydrogen-bond acceptors (Lipinski definition) is 5. The van der Waals surface area contributed by atoms with Gasteiger partial charge in [-0.05, 0) is 53.3 Å². The highest BCUT2D eigenvalue weighted by molar-refractivity contribution is 5.79. The third kappa shape index (κ3) is 5.21. The molecule has 2 atom stereocenters. The van der Waals surface area contributed by atoms with Gasteiger partial charge in [0, 0.05) is 18.5 Å². The van der Waals surface area contributed by atoms with Crippen LogP contribution in [0.15, 0.2) is 66.7 Å². The first-order valence-electron chi connectivity index (χ1n) is 11.4. The predicted octanol–water partition coefficient (Wildman–Crippen LogP) is 4.55. The SMILES string of the molecule is CCOc1cc(F)cc(C(O)C(O)CCNC(=O)OCC2c3ccccc3-c3ccccc32)c1. The van der Waals surface area contributed by atoms with Crippen molar-refractivity contribution in [2.24, 2.45) is 0 Å². The van der Waals surface area contributed by atoms with Crippen LogP contribution >= 0.6 is 0 Å². The Bertz CT molecular complexity index is 1110. The van der Waals surface area contributed by atoms with Crippen molar-refractivity contribution in [1.82, 2.24) is 5.32 Å². The zero-order valence-corrected chi connectivity index (χ0v) is 18.9. The summed E-state index contributed by atoms with van der Waals surface area (Å²) in [4.78, 5) is 12.3. The first-order chi connectivity index (χ1) is 16.5. The summed E-state index contributed by atoms with van der Waals surface area (Å²) in [6, 6.07) is 20.0. The lowest BCUT2D eigenvalue weighted by Gasteiger charge is -2.19. The van der Waals surface area contributed by atoms with Crippen LogP contribution in [0.25, 0.3) is 11.1 Å². The molecule has 34 heavy (non-hydrogen) atoms. The minimum atomic E-state index is -1.32. The normalized spacial score (nSPS) is 14.1. The van der Waals surface area contributed by atoms with Crippen LogP contribution in [-0.2, 0) is 4.74 Å². The lowest BCUT2D eigenvalue weighted by molar-refractivity contribution is 0.0134. The van der Waals surface area contributed by atoms with Crippen molar-refractivity contribution in [3.05, 3.63) is 89.2 Å². The number of hydrogen-bond donors (Lipinski definition) is 3. The molecule has 0 bridgehead atoms. The predicted molar refractivity (Wildman–Crippen MR) is 126 cm³/mol. The van der Waals surface area contributed by atoms with Crippen molar-refractivity contribution in [3.8, 4) is 16.9 Å². The highest BCUT2D eigenvalue weighted by Gasteiger charge is 2.29. The minimum absolute atomic E-state index is 0.0434. The largest absolute Gasteiger partial charge is 0.494 e. The third-order valence-electron chi connectivity index (χ3n) is 5.96. The van der Waals surface area contributed by atoms with Crippen LogP contribution in [0, 0.1) is 5.82 Å². The Morgan fingerprint density at radius 3 is 2.32 bits per heavy atom. The number of carbonyl (C=O) groups is 1. The average molecular weight is 466 g/mol. The lowest BCUT2D eigenvalue weighted by Crippen LogP contribution is -2.30. The maximum absolute atomic E-state index is 13.8. The molecule has 1 amide bonds. The van der Waals surface area contributed by atoms with Crippen LogP contribution in [0.1, 0.15) is 42.1 Å². The first-order valence-corrected chi connectivity index (χ1v) is 11.4. The smallest absolute Gasteiger partial charge is 0.407 e. The molecule has 0 aliphatic heterocycles. The number of aliphatic hydroxyl groups excluding tert-OH is 2. The van der Waals surface area contributed by atoms with Crippen molar-refractivity contribution in [3.63, 3.8) is 0 Å². The number of halogens is 1. The summed E-state index contributed by atoms with van der Waals surface area (Å²) < 4.78 is 24.5. The van der Waals surface area contributed by atoms with E-state index in [-0.39, 0.29) is 36.8 Å². The van der Waals surface area contributed by atoms with Gasteiger partial charge in [0.2, 0.25) is 0 Å². The second-order valence-electron chi connectivity index (χ2n) is 8.21. The second kappa shape index (κ2) is 10.7. The van der Waals surface area contributed by atoms with E-state index in [1.807, 2.05) is 36.4 Å². The van der Waals surface area contributed by atoms with Crippen LogP contribution in [-0.4, -0.2) is 42.2 Å². The Morgan fingerprint density at radius 1 is 1.03 bits per heavy atom. The standard InChI is InChI=1S/C27H28FNO5/c1-2-33-19-14-17(13-18(28)15-19)26(31)25(30)11-12-29-27(32)34-16-24-22-9-5-3-7-20(22)21-8-4-6-10-23(21)24/h3-10,13-15,24-26,30-31H,2,11-12,16H2,1H3,(H,29,32). The van der Waals surface area contributed by atoms with Crippen LogP contribution in [0.4, 0.5) is 9.18 Å². The van der Waals surface area contributed by atoms with Gasteiger partial charge in [-0.3, -0.25) is 0 Å². The molecule has 1 aliphatic rings. The van der Waals surface area contributed by atoms with Crippen LogP contribution in [0.3, 0.4) is 0 Å². The lowest BCUT2D eigenvalue weighted by atomic mass is 9.98. The first kappa shape index (κ1) is 23.7. The summed E-state index contributed by atoms with van der Waals surface area (Å²) >= 11 is 0. The van der Waals surface area contributed by atoms with E-state index in [0.29, 0.717) is 6.61 Å². The quantitative estimate of drug-likeness (QED) is 0.432. The van der Waals surface area contributed by atoms with Gasteiger partial charge in [0.05, 0.1) is 12.7 Å². The molecule has 0 radical (unpaired) electrons. The Kier molecular flexibility index (Phi) is 7.45. The van der Waals surface area contributed by atoms with Crippen molar-refractivity contribution in [1.29, 1.82) is 0 Å². The number of aliphatic hydroxyl groups is 2. The van der Waals surface area contributed by atoms with Crippen molar-refractivity contribution < 1.29 is 28.9 Å².